The summed E-state index contributed by atoms with van der Waals surface area (Å²) in [6, 6.07) is 3.42. The van der Waals surface area contributed by atoms with Crippen molar-refractivity contribution in [1.82, 2.24) is 15.1 Å². The highest BCUT2D eigenvalue weighted by atomic mass is 16.5. The van der Waals surface area contributed by atoms with Gasteiger partial charge < -0.3 is 15.3 Å². The van der Waals surface area contributed by atoms with E-state index in [1.165, 1.54) is 18.6 Å². The van der Waals surface area contributed by atoms with Crippen LogP contribution in [0, 0.1) is 5.21 Å². The van der Waals surface area contributed by atoms with E-state index in [0.29, 0.717) is 22.8 Å². The quantitative estimate of drug-likeness (QED) is 0.663. The Morgan fingerprint density at radius 3 is 3.29 bits per heavy atom. The summed E-state index contributed by atoms with van der Waals surface area (Å²) in [6.07, 6.45) is 6.29. The maximum atomic E-state index is 12.2. The van der Waals surface area contributed by atoms with Crippen molar-refractivity contribution >= 4 is 5.91 Å². The number of aromatic nitrogens is 3. The lowest BCUT2D eigenvalue weighted by atomic mass is 10.2. The first-order valence-corrected chi connectivity index (χ1v) is 6.88. The molecule has 1 aliphatic rings. The van der Waals surface area contributed by atoms with E-state index < -0.39 is 0 Å². The first kappa shape index (κ1) is 13.4. The Morgan fingerprint density at radius 2 is 2.43 bits per heavy atom. The van der Waals surface area contributed by atoms with E-state index in [4.69, 9.17) is 4.74 Å². The van der Waals surface area contributed by atoms with E-state index in [1.807, 2.05) is 0 Å². The molecule has 0 aromatic carbocycles. The van der Waals surface area contributed by atoms with Gasteiger partial charge in [-0.3, -0.25) is 4.79 Å². The zero-order valence-electron chi connectivity index (χ0n) is 11.5. The largest absolute Gasteiger partial charge is 0.619 e. The van der Waals surface area contributed by atoms with Gasteiger partial charge in [0.15, 0.2) is 12.4 Å². The molecule has 0 atom stereocenters. The second-order valence-corrected chi connectivity index (χ2v) is 4.90. The molecule has 0 spiro atoms. The van der Waals surface area contributed by atoms with Gasteiger partial charge in [0.1, 0.15) is 5.56 Å². The zero-order valence-corrected chi connectivity index (χ0v) is 11.5. The van der Waals surface area contributed by atoms with Crippen LogP contribution >= 0.6 is 0 Å². The number of nitrogens with zero attached hydrogens (tertiary/aromatic N) is 3. The molecule has 1 amide bonds. The maximum absolute atomic E-state index is 12.2. The lowest BCUT2D eigenvalue weighted by Crippen LogP contribution is -2.28. The van der Waals surface area contributed by atoms with Crippen LogP contribution in [0.5, 0.6) is 5.88 Å². The topological polar surface area (TPSA) is 83.1 Å². The number of aryl methyl sites for hydroxylation is 1. The summed E-state index contributed by atoms with van der Waals surface area (Å²) >= 11 is 0. The van der Waals surface area contributed by atoms with Crippen LogP contribution in [0.15, 0.2) is 30.7 Å². The molecule has 7 nitrogen and oxygen atoms in total. The lowest BCUT2D eigenvalue weighted by molar-refractivity contribution is -0.605. The lowest BCUT2D eigenvalue weighted by Gasteiger charge is -2.07. The van der Waals surface area contributed by atoms with E-state index in [2.05, 4.69) is 10.4 Å². The molecular formula is C14H16N4O3. The number of rotatable bonds is 3. The molecule has 2 aromatic heterocycles. The van der Waals surface area contributed by atoms with Gasteiger partial charge in [0.2, 0.25) is 5.88 Å². The number of ether oxygens (including phenoxy) is 1. The predicted molar refractivity (Wildman–Crippen MR) is 73.5 cm³/mol. The fourth-order valence-corrected chi connectivity index (χ4v) is 2.26. The molecule has 110 valence electrons. The Labute approximate surface area is 121 Å². The summed E-state index contributed by atoms with van der Waals surface area (Å²) in [5.41, 5.74) is 1.17. The van der Waals surface area contributed by atoms with Gasteiger partial charge in [0.05, 0.1) is 12.8 Å². The predicted octanol–water partition coefficient (Wildman–Crippen LogP) is 0.619. The van der Waals surface area contributed by atoms with Gasteiger partial charge >= 0.3 is 0 Å². The number of hydrogen-bond acceptors (Lipinski definition) is 4. The summed E-state index contributed by atoms with van der Waals surface area (Å²) in [4.78, 5) is 12.2. The second kappa shape index (κ2) is 5.82. The number of hydrogen-bond donors (Lipinski definition) is 1. The van der Waals surface area contributed by atoms with Crippen LogP contribution in [-0.4, -0.2) is 22.3 Å². The molecule has 3 heterocycles. The first-order valence-electron chi connectivity index (χ1n) is 6.88. The van der Waals surface area contributed by atoms with Crippen molar-refractivity contribution in [3.05, 3.63) is 47.1 Å². The Balaban J connectivity index is 1.70. The molecule has 0 unspecified atom stereocenters. The minimum atomic E-state index is -0.251. The van der Waals surface area contributed by atoms with Crippen LogP contribution in [0.3, 0.4) is 0 Å². The van der Waals surface area contributed by atoms with Gasteiger partial charge in [-0.2, -0.15) is 9.83 Å². The molecular weight excluding hydrogens is 272 g/mol. The Bertz CT molecular complexity index is 653. The third-order valence-electron chi connectivity index (χ3n) is 3.33. The van der Waals surface area contributed by atoms with Gasteiger partial charge in [-0.05, 0) is 18.9 Å². The van der Waals surface area contributed by atoms with Crippen molar-refractivity contribution in [2.45, 2.75) is 25.9 Å². The first-order chi connectivity index (χ1) is 10.2. The normalized spacial score (nSPS) is 13.9. The van der Waals surface area contributed by atoms with Gasteiger partial charge in [-0.1, -0.05) is 0 Å². The highest BCUT2D eigenvalue weighted by Gasteiger charge is 2.20. The Kier molecular flexibility index (Phi) is 3.72. The smallest absolute Gasteiger partial charge is 0.258 e. The molecule has 0 fully saturated rings. The summed E-state index contributed by atoms with van der Waals surface area (Å²) < 4.78 is 8.02. The summed E-state index contributed by atoms with van der Waals surface area (Å²) in [7, 11) is 0. The number of fused-ring (bicyclic) bond motifs is 1. The van der Waals surface area contributed by atoms with Gasteiger partial charge in [0, 0.05) is 24.7 Å². The average molecular weight is 288 g/mol. The Morgan fingerprint density at radius 1 is 1.52 bits per heavy atom. The van der Waals surface area contributed by atoms with Crippen molar-refractivity contribution in [2.75, 3.05) is 6.61 Å². The third kappa shape index (κ3) is 2.96. The Hall–Kier alpha value is -2.57. The maximum Gasteiger partial charge on any atom is 0.258 e. The molecule has 0 aliphatic carbocycles. The number of nitrogens with one attached hydrogen (secondary N) is 1. The van der Waals surface area contributed by atoms with Crippen LogP contribution < -0.4 is 14.8 Å². The fraction of sp³-hybridized carbons (Fsp3) is 0.357. The monoisotopic (exact) mass is 288 g/mol. The third-order valence-corrected chi connectivity index (χ3v) is 3.33. The zero-order chi connectivity index (χ0) is 14.7. The fourth-order valence-electron chi connectivity index (χ4n) is 2.26. The average Bonchev–Trinajstić information content (AvgIpc) is 2.74. The van der Waals surface area contributed by atoms with Gasteiger partial charge in [-0.25, -0.2) is 4.68 Å². The van der Waals surface area contributed by atoms with Gasteiger partial charge in [-0.15, -0.1) is 0 Å². The molecule has 0 radical (unpaired) electrons. The molecule has 3 rings (SSSR count). The van der Waals surface area contributed by atoms with Crippen molar-refractivity contribution in [3.8, 4) is 5.88 Å². The summed E-state index contributed by atoms with van der Waals surface area (Å²) in [6.45, 7) is 1.64. The molecule has 0 bridgehead atoms. The van der Waals surface area contributed by atoms with Crippen molar-refractivity contribution < 1.29 is 14.3 Å². The highest BCUT2D eigenvalue weighted by molar-refractivity contribution is 5.96. The van der Waals surface area contributed by atoms with Gasteiger partial charge in [0.25, 0.3) is 5.91 Å². The molecule has 0 saturated heterocycles. The molecule has 7 heteroatoms. The SMILES string of the molecule is O=C(NCc1ccc[n+]([O-])c1)c1cnn2c1OCCCC2. The van der Waals surface area contributed by atoms with Crippen LogP contribution in [0.1, 0.15) is 28.8 Å². The number of pyridine rings is 1. The van der Waals surface area contributed by atoms with Crippen LogP contribution in [-0.2, 0) is 13.1 Å². The molecule has 2 aromatic rings. The van der Waals surface area contributed by atoms with E-state index in [0.717, 1.165) is 24.9 Å². The van der Waals surface area contributed by atoms with E-state index in [1.54, 1.807) is 16.8 Å². The van der Waals surface area contributed by atoms with E-state index >= 15 is 0 Å². The summed E-state index contributed by atoms with van der Waals surface area (Å²) in [5, 5.41) is 18.1. The molecule has 0 saturated carbocycles. The molecule has 1 aliphatic heterocycles. The van der Waals surface area contributed by atoms with Crippen molar-refractivity contribution in [1.29, 1.82) is 0 Å². The number of amides is 1. The standard InChI is InChI=1S/C14H16N4O3/c19-13(15-8-11-4-3-5-17(20)10-11)12-9-16-18-6-1-2-7-21-14(12)18/h3-5,9-10H,1-2,6-8H2,(H,15,19). The number of carbonyl (C=O) groups is 1. The minimum Gasteiger partial charge on any atom is -0.619 e. The van der Waals surface area contributed by atoms with Crippen LogP contribution in [0.2, 0.25) is 0 Å². The highest BCUT2D eigenvalue weighted by Crippen LogP contribution is 2.21. The second-order valence-electron chi connectivity index (χ2n) is 4.90. The number of carbonyl (C=O) groups excluding carboxylic acids is 1. The van der Waals surface area contributed by atoms with Crippen molar-refractivity contribution in [2.24, 2.45) is 0 Å². The molecule has 21 heavy (non-hydrogen) atoms. The summed E-state index contributed by atoms with van der Waals surface area (Å²) in [5.74, 6) is 0.274. The van der Waals surface area contributed by atoms with Crippen LogP contribution in [0.4, 0.5) is 0 Å². The minimum absolute atomic E-state index is 0.251. The van der Waals surface area contributed by atoms with Crippen LogP contribution in [0.25, 0.3) is 0 Å². The van der Waals surface area contributed by atoms with Crippen molar-refractivity contribution in [3.63, 3.8) is 0 Å². The van der Waals surface area contributed by atoms with E-state index in [-0.39, 0.29) is 12.5 Å². The van der Waals surface area contributed by atoms with E-state index in [9.17, 15) is 10.0 Å². The molecule has 1 N–H and O–H groups in total.